The molecule has 0 aromatic heterocycles. The van der Waals surface area contributed by atoms with Crippen molar-refractivity contribution in [2.24, 2.45) is 0 Å². The van der Waals surface area contributed by atoms with Gasteiger partial charge in [0.05, 0.1) is 25.3 Å². The molecule has 30 heavy (non-hydrogen) atoms. The summed E-state index contributed by atoms with van der Waals surface area (Å²) in [5.74, 6) is 0.820. The predicted octanol–water partition coefficient (Wildman–Crippen LogP) is 5.58. The Balaban J connectivity index is 1.68. The van der Waals surface area contributed by atoms with Crippen LogP contribution in [0, 0.1) is 0 Å². The molecule has 5 nitrogen and oxygen atoms in total. The number of carbonyl (C=O) groups excluding carboxylic acids is 2. The molecular formula is C24H19BrO5. The largest absolute Gasteiger partial charge is 0.497 e. The van der Waals surface area contributed by atoms with Crippen molar-refractivity contribution in [3.05, 3.63) is 94.0 Å². The minimum atomic E-state index is -0.451. The second kappa shape index (κ2) is 9.89. The Kier molecular flexibility index (Phi) is 7.03. The lowest BCUT2D eigenvalue weighted by atomic mass is 10.1. The SMILES string of the molecule is COc1ccc(C(=O)/C=C/c2ccc(OC(=O)c3ccccc3Br)cc2)c(OC)c1. The summed E-state index contributed by atoms with van der Waals surface area (Å²) in [4.78, 5) is 24.8. The standard InChI is InChI=1S/C24H19BrO5/c1-28-18-12-13-20(23(15-18)29-2)22(26)14-9-16-7-10-17(11-8-16)30-24(27)19-5-3-4-6-21(19)25/h3-15H,1-2H3/b14-9+. The van der Waals surface area contributed by atoms with E-state index in [0.717, 1.165) is 5.56 Å². The number of methoxy groups -OCH3 is 2. The van der Waals surface area contributed by atoms with Crippen LogP contribution in [0.3, 0.4) is 0 Å². The normalized spacial score (nSPS) is 10.6. The van der Waals surface area contributed by atoms with E-state index in [9.17, 15) is 9.59 Å². The molecular weight excluding hydrogens is 448 g/mol. The Morgan fingerprint density at radius 1 is 0.833 bits per heavy atom. The molecule has 152 valence electrons. The van der Waals surface area contributed by atoms with Crippen molar-refractivity contribution in [1.29, 1.82) is 0 Å². The first-order valence-electron chi connectivity index (χ1n) is 9.03. The number of carbonyl (C=O) groups is 2. The molecule has 0 radical (unpaired) electrons. The Hall–Kier alpha value is -3.38. The van der Waals surface area contributed by atoms with Gasteiger partial charge in [-0.15, -0.1) is 0 Å². The van der Waals surface area contributed by atoms with Gasteiger partial charge in [-0.05, 0) is 64.0 Å². The highest BCUT2D eigenvalue weighted by Gasteiger charge is 2.12. The first-order valence-corrected chi connectivity index (χ1v) is 9.82. The molecule has 0 heterocycles. The molecule has 0 atom stereocenters. The molecule has 0 aliphatic heterocycles. The summed E-state index contributed by atoms with van der Waals surface area (Å²) < 4.78 is 16.5. The van der Waals surface area contributed by atoms with Gasteiger partial charge in [-0.25, -0.2) is 4.79 Å². The molecule has 0 bridgehead atoms. The molecule has 0 fully saturated rings. The Morgan fingerprint density at radius 2 is 1.53 bits per heavy atom. The van der Waals surface area contributed by atoms with Crippen LogP contribution in [0.25, 0.3) is 6.08 Å². The van der Waals surface area contributed by atoms with Crippen LogP contribution in [-0.2, 0) is 0 Å². The van der Waals surface area contributed by atoms with Crippen molar-refractivity contribution < 1.29 is 23.8 Å². The number of esters is 1. The highest BCUT2D eigenvalue weighted by atomic mass is 79.9. The lowest BCUT2D eigenvalue weighted by Crippen LogP contribution is -2.09. The number of hydrogen-bond donors (Lipinski definition) is 0. The molecule has 0 aliphatic rings. The van der Waals surface area contributed by atoms with Crippen LogP contribution >= 0.6 is 15.9 Å². The molecule has 6 heteroatoms. The van der Waals surface area contributed by atoms with E-state index in [0.29, 0.717) is 32.8 Å². The smallest absolute Gasteiger partial charge is 0.344 e. The van der Waals surface area contributed by atoms with Gasteiger partial charge in [0.15, 0.2) is 5.78 Å². The van der Waals surface area contributed by atoms with Crippen molar-refractivity contribution in [2.45, 2.75) is 0 Å². The summed E-state index contributed by atoms with van der Waals surface area (Å²) in [6, 6.07) is 19.0. The quantitative estimate of drug-likeness (QED) is 0.197. The molecule has 3 aromatic rings. The van der Waals surface area contributed by atoms with Crippen molar-refractivity contribution in [2.75, 3.05) is 14.2 Å². The Morgan fingerprint density at radius 3 is 2.20 bits per heavy atom. The summed E-state index contributed by atoms with van der Waals surface area (Å²) >= 11 is 3.34. The fraction of sp³-hybridized carbons (Fsp3) is 0.0833. The van der Waals surface area contributed by atoms with Gasteiger partial charge in [0, 0.05) is 10.5 Å². The third kappa shape index (κ3) is 5.15. The molecule has 0 amide bonds. The number of allylic oxidation sites excluding steroid dienone is 1. The third-order valence-corrected chi connectivity index (χ3v) is 4.98. The highest BCUT2D eigenvalue weighted by Crippen LogP contribution is 2.25. The Bertz CT molecular complexity index is 1090. The second-order valence-corrected chi connectivity index (χ2v) is 7.06. The van der Waals surface area contributed by atoms with Crippen molar-refractivity contribution in [3.63, 3.8) is 0 Å². The van der Waals surface area contributed by atoms with Crippen LogP contribution in [-0.4, -0.2) is 26.0 Å². The van der Waals surface area contributed by atoms with Gasteiger partial charge in [-0.2, -0.15) is 0 Å². The van der Waals surface area contributed by atoms with E-state index in [2.05, 4.69) is 15.9 Å². The monoisotopic (exact) mass is 466 g/mol. The number of ketones is 1. The minimum absolute atomic E-state index is 0.195. The van der Waals surface area contributed by atoms with Gasteiger partial charge in [-0.3, -0.25) is 4.79 Å². The van der Waals surface area contributed by atoms with Gasteiger partial charge in [0.1, 0.15) is 17.2 Å². The highest BCUT2D eigenvalue weighted by molar-refractivity contribution is 9.10. The van der Waals surface area contributed by atoms with E-state index < -0.39 is 5.97 Å². The summed E-state index contributed by atoms with van der Waals surface area (Å²) in [6.45, 7) is 0. The first-order chi connectivity index (χ1) is 14.5. The first kappa shape index (κ1) is 21.3. The molecule has 0 N–H and O–H groups in total. The van der Waals surface area contributed by atoms with Crippen LogP contribution < -0.4 is 14.2 Å². The van der Waals surface area contributed by atoms with Gasteiger partial charge < -0.3 is 14.2 Å². The number of rotatable bonds is 7. The Labute approximate surface area is 183 Å². The molecule has 0 saturated heterocycles. The number of hydrogen-bond acceptors (Lipinski definition) is 5. The number of halogens is 1. The molecule has 0 spiro atoms. The van der Waals surface area contributed by atoms with Gasteiger partial charge in [-0.1, -0.05) is 30.3 Å². The summed E-state index contributed by atoms with van der Waals surface area (Å²) in [5.41, 5.74) is 1.67. The van der Waals surface area contributed by atoms with E-state index in [4.69, 9.17) is 14.2 Å². The maximum atomic E-state index is 12.5. The summed E-state index contributed by atoms with van der Waals surface area (Å²) in [6.07, 6.45) is 3.15. The van der Waals surface area contributed by atoms with E-state index >= 15 is 0 Å². The lowest BCUT2D eigenvalue weighted by Gasteiger charge is -2.08. The number of ether oxygens (including phenoxy) is 3. The molecule has 0 aliphatic carbocycles. The van der Waals surface area contributed by atoms with Gasteiger partial charge in [0.25, 0.3) is 0 Å². The molecule has 3 aromatic carbocycles. The van der Waals surface area contributed by atoms with Crippen molar-refractivity contribution in [3.8, 4) is 17.2 Å². The summed E-state index contributed by atoms with van der Waals surface area (Å²) in [5, 5.41) is 0. The zero-order valence-electron chi connectivity index (χ0n) is 16.4. The van der Waals surface area contributed by atoms with Crippen LogP contribution in [0.4, 0.5) is 0 Å². The van der Waals surface area contributed by atoms with Crippen LogP contribution in [0.1, 0.15) is 26.3 Å². The average Bonchev–Trinajstić information content (AvgIpc) is 2.78. The second-order valence-electron chi connectivity index (χ2n) is 6.20. The molecule has 3 rings (SSSR count). The van der Waals surface area contributed by atoms with E-state index in [1.54, 1.807) is 73.8 Å². The third-order valence-electron chi connectivity index (χ3n) is 4.29. The van der Waals surface area contributed by atoms with E-state index in [-0.39, 0.29) is 5.78 Å². The van der Waals surface area contributed by atoms with Crippen LogP contribution in [0.15, 0.2) is 77.3 Å². The fourth-order valence-electron chi connectivity index (χ4n) is 2.70. The van der Waals surface area contributed by atoms with E-state index in [1.807, 2.05) is 6.07 Å². The lowest BCUT2D eigenvalue weighted by molar-refractivity contribution is 0.0733. The maximum absolute atomic E-state index is 12.5. The van der Waals surface area contributed by atoms with Crippen LogP contribution in [0.2, 0.25) is 0 Å². The maximum Gasteiger partial charge on any atom is 0.344 e. The zero-order chi connectivity index (χ0) is 21.5. The van der Waals surface area contributed by atoms with Crippen molar-refractivity contribution in [1.82, 2.24) is 0 Å². The van der Waals surface area contributed by atoms with Gasteiger partial charge >= 0.3 is 5.97 Å². The van der Waals surface area contributed by atoms with Crippen molar-refractivity contribution >= 4 is 33.8 Å². The predicted molar refractivity (Wildman–Crippen MR) is 118 cm³/mol. The minimum Gasteiger partial charge on any atom is -0.497 e. The zero-order valence-corrected chi connectivity index (χ0v) is 18.0. The van der Waals surface area contributed by atoms with Gasteiger partial charge in [0.2, 0.25) is 0 Å². The average molecular weight is 467 g/mol. The van der Waals surface area contributed by atoms with Crippen LogP contribution in [0.5, 0.6) is 17.2 Å². The van der Waals surface area contributed by atoms with E-state index in [1.165, 1.54) is 13.2 Å². The summed E-state index contributed by atoms with van der Waals surface area (Å²) in [7, 11) is 3.05. The number of benzene rings is 3. The molecule has 0 saturated carbocycles. The molecule has 0 unspecified atom stereocenters. The topological polar surface area (TPSA) is 61.8 Å². The fourth-order valence-corrected chi connectivity index (χ4v) is 3.15.